The molecule has 4 rings (SSSR count). The first kappa shape index (κ1) is 20.8. The van der Waals surface area contributed by atoms with E-state index in [1.165, 1.54) is 10.4 Å². The summed E-state index contributed by atoms with van der Waals surface area (Å²) >= 11 is 0. The summed E-state index contributed by atoms with van der Waals surface area (Å²) in [6, 6.07) is 16.1. The number of piperazine rings is 1. The zero-order chi connectivity index (χ0) is 21.8. The van der Waals surface area contributed by atoms with Crippen LogP contribution in [-0.2, 0) is 11.3 Å². The topological polar surface area (TPSA) is 76.4 Å². The summed E-state index contributed by atoms with van der Waals surface area (Å²) in [5, 5.41) is 12.6. The van der Waals surface area contributed by atoms with Crippen LogP contribution in [0.4, 0.5) is 5.69 Å². The highest BCUT2D eigenvalue weighted by Crippen LogP contribution is 2.28. The second-order valence-corrected chi connectivity index (χ2v) is 7.96. The Morgan fingerprint density at radius 1 is 1.03 bits per heavy atom. The number of aromatic nitrogens is 4. The number of ether oxygens (including phenoxy) is 1. The first-order valence-electron chi connectivity index (χ1n) is 10.6. The number of hydrogen-bond donors (Lipinski definition) is 0. The lowest BCUT2D eigenvalue weighted by atomic mass is 10.0. The van der Waals surface area contributed by atoms with Crippen molar-refractivity contribution in [3.8, 4) is 17.1 Å². The number of methoxy groups -OCH3 is 1. The summed E-state index contributed by atoms with van der Waals surface area (Å²) < 4.78 is 5.46. The average molecular weight is 421 g/mol. The molecular formula is C23H28N6O2. The van der Waals surface area contributed by atoms with E-state index in [0.717, 1.165) is 30.1 Å². The van der Waals surface area contributed by atoms with Gasteiger partial charge in [0.05, 0.1) is 12.8 Å². The molecule has 0 aliphatic carbocycles. The number of anilines is 1. The molecule has 2 heterocycles. The Kier molecular flexibility index (Phi) is 6.16. The first-order valence-corrected chi connectivity index (χ1v) is 10.6. The van der Waals surface area contributed by atoms with Crippen LogP contribution in [0.2, 0.25) is 0 Å². The van der Waals surface area contributed by atoms with Crippen molar-refractivity contribution in [3.63, 3.8) is 0 Å². The third-order valence-corrected chi connectivity index (χ3v) is 5.62. The van der Waals surface area contributed by atoms with Gasteiger partial charge in [-0.15, -0.1) is 10.2 Å². The van der Waals surface area contributed by atoms with Gasteiger partial charge in [0.2, 0.25) is 11.7 Å². The molecule has 2 aromatic carbocycles. The normalized spacial score (nSPS) is 14.2. The number of carbonyl (C=O) groups is 1. The molecule has 31 heavy (non-hydrogen) atoms. The Bertz CT molecular complexity index is 1020. The number of carbonyl (C=O) groups excluding carboxylic acids is 1. The maximum atomic E-state index is 12.8. The van der Waals surface area contributed by atoms with E-state index in [0.29, 0.717) is 24.8 Å². The van der Waals surface area contributed by atoms with Crippen molar-refractivity contribution >= 4 is 11.6 Å². The molecule has 1 aromatic heterocycles. The number of nitrogens with zero attached hydrogens (tertiary/aromatic N) is 6. The molecule has 3 aromatic rings. The molecular weight excluding hydrogens is 392 g/mol. The molecule has 0 bridgehead atoms. The Labute approximate surface area is 182 Å². The summed E-state index contributed by atoms with van der Waals surface area (Å²) in [7, 11) is 1.68. The zero-order valence-electron chi connectivity index (χ0n) is 18.2. The number of hydrogen-bond acceptors (Lipinski definition) is 6. The van der Waals surface area contributed by atoms with E-state index in [1.807, 2.05) is 41.3 Å². The molecule has 8 nitrogen and oxygen atoms in total. The van der Waals surface area contributed by atoms with Crippen molar-refractivity contribution in [2.45, 2.75) is 26.3 Å². The lowest BCUT2D eigenvalue weighted by molar-refractivity contribution is -0.132. The molecule has 1 aliphatic heterocycles. The van der Waals surface area contributed by atoms with Gasteiger partial charge in [-0.05, 0) is 28.8 Å². The van der Waals surface area contributed by atoms with Crippen LogP contribution in [0.1, 0.15) is 25.3 Å². The summed E-state index contributed by atoms with van der Waals surface area (Å²) in [6.07, 6.45) is 0. The fraction of sp³-hybridized carbons (Fsp3) is 0.391. The van der Waals surface area contributed by atoms with Gasteiger partial charge < -0.3 is 14.5 Å². The highest BCUT2D eigenvalue weighted by atomic mass is 16.5. The van der Waals surface area contributed by atoms with Gasteiger partial charge in [-0.2, -0.15) is 4.80 Å². The molecule has 0 saturated carbocycles. The van der Waals surface area contributed by atoms with Crippen LogP contribution in [0.15, 0.2) is 48.5 Å². The van der Waals surface area contributed by atoms with Gasteiger partial charge >= 0.3 is 0 Å². The molecule has 0 spiro atoms. The smallest absolute Gasteiger partial charge is 0.246 e. The van der Waals surface area contributed by atoms with Gasteiger partial charge in [-0.25, -0.2) is 0 Å². The highest BCUT2D eigenvalue weighted by Gasteiger charge is 2.23. The maximum absolute atomic E-state index is 12.8. The van der Waals surface area contributed by atoms with Crippen LogP contribution < -0.4 is 9.64 Å². The van der Waals surface area contributed by atoms with Gasteiger partial charge in [0, 0.05) is 31.7 Å². The molecule has 8 heteroatoms. The number of amides is 1. The lowest BCUT2D eigenvalue weighted by Crippen LogP contribution is -2.49. The van der Waals surface area contributed by atoms with Gasteiger partial charge in [-0.1, -0.05) is 50.2 Å². The third kappa shape index (κ3) is 4.68. The standard InChI is InChI=1S/C23H28N6O2/c1-17(2)18-8-10-19(11-9-18)23-24-26-29(25-23)16-22(30)28-14-12-27(13-15-28)20-6-4-5-7-21(20)31-3/h4-11,17H,12-16H2,1-3H3. The van der Waals surface area contributed by atoms with E-state index in [4.69, 9.17) is 4.74 Å². The van der Waals surface area contributed by atoms with E-state index < -0.39 is 0 Å². The van der Waals surface area contributed by atoms with E-state index in [1.54, 1.807) is 7.11 Å². The Balaban J connectivity index is 1.34. The number of para-hydroxylation sites is 2. The summed E-state index contributed by atoms with van der Waals surface area (Å²) in [4.78, 5) is 18.2. The molecule has 1 saturated heterocycles. The Hall–Kier alpha value is -3.42. The molecule has 0 N–H and O–H groups in total. The molecule has 162 valence electrons. The SMILES string of the molecule is COc1ccccc1N1CCN(C(=O)Cn2nnc(-c3ccc(C(C)C)cc3)n2)CC1. The van der Waals surface area contributed by atoms with Crippen LogP contribution in [0.25, 0.3) is 11.4 Å². The second kappa shape index (κ2) is 9.16. The Morgan fingerprint density at radius 3 is 2.42 bits per heavy atom. The van der Waals surface area contributed by atoms with Gasteiger partial charge in [0.1, 0.15) is 12.3 Å². The van der Waals surface area contributed by atoms with E-state index >= 15 is 0 Å². The largest absolute Gasteiger partial charge is 0.495 e. The van der Waals surface area contributed by atoms with Gasteiger partial charge in [-0.3, -0.25) is 4.79 Å². The van der Waals surface area contributed by atoms with Gasteiger partial charge in [0.15, 0.2) is 0 Å². The molecule has 1 fully saturated rings. The molecule has 0 radical (unpaired) electrons. The van der Waals surface area contributed by atoms with Crippen molar-refractivity contribution in [3.05, 3.63) is 54.1 Å². The lowest BCUT2D eigenvalue weighted by Gasteiger charge is -2.36. The predicted molar refractivity (Wildman–Crippen MR) is 119 cm³/mol. The van der Waals surface area contributed by atoms with Crippen LogP contribution in [-0.4, -0.2) is 64.3 Å². The van der Waals surface area contributed by atoms with Crippen LogP contribution in [0.5, 0.6) is 5.75 Å². The van der Waals surface area contributed by atoms with Crippen molar-refractivity contribution in [2.75, 3.05) is 38.2 Å². The van der Waals surface area contributed by atoms with Crippen molar-refractivity contribution in [2.24, 2.45) is 0 Å². The van der Waals surface area contributed by atoms with E-state index in [-0.39, 0.29) is 12.5 Å². The van der Waals surface area contributed by atoms with Crippen molar-refractivity contribution < 1.29 is 9.53 Å². The van der Waals surface area contributed by atoms with Crippen LogP contribution in [0, 0.1) is 0 Å². The Morgan fingerprint density at radius 2 is 1.74 bits per heavy atom. The third-order valence-electron chi connectivity index (χ3n) is 5.62. The van der Waals surface area contributed by atoms with Crippen LogP contribution >= 0.6 is 0 Å². The minimum atomic E-state index is -0.00113. The van der Waals surface area contributed by atoms with Crippen molar-refractivity contribution in [1.82, 2.24) is 25.1 Å². The summed E-state index contributed by atoms with van der Waals surface area (Å²) in [5.41, 5.74) is 3.22. The fourth-order valence-corrected chi connectivity index (χ4v) is 3.75. The molecule has 1 amide bonds. The number of rotatable bonds is 6. The van der Waals surface area contributed by atoms with E-state index in [9.17, 15) is 4.79 Å². The predicted octanol–water partition coefficient (Wildman–Crippen LogP) is 2.82. The van der Waals surface area contributed by atoms with Crippen molar-refractivity contribution in [1.29, 1.82) is 0 Å². The summed E-state index contributed by atoms with van der Waals surface area (Å²) in [6.45, 7) is 7.21. The maximum Gasteiger partial charge on any atom is 0.246 e. The van der Waals surface area contributed by atoms with E-state index in [2.05, 4.69) is 46.3 Å². The fourth-order valence-electron chi connectivity index (χ4n) is 3.75. The average Bonchev–Trinajstić information content (AvgIpc) is 3.27. The quantitative estimate of drug-likeness (QED) is 0.610. The second-order valence-electron chi connectivity index (χ2n) is 7.96. The number of benzene rings is 2. The minimum Gasteiger partial charge on any atom is -0.495 e. The molecule has 0 unspecified atom stereocenters. The highest BCUT2D eigenvalue weighted by molar-refractivity contribution is 5.76. The molecule has 0 atom stereocenters. The summed E-state index contributed by atoms with van der Waals surface area (Å²) in [5.74, 6) is 1.85. The monoisotopic (exact) mass is 420 g/mol. The first-order chi connectivity index (χ1) is 15.0. The number of tetrazole rings is 1. The zero-order valence-corrected chi connectivity index (χ0v) is 18.2. The van der Waals surface area contributed by atoms with Crippen LogP contribution in [0.3, 0.4) is 0 Å². The molecule has 1 aliphatic rings. The minimum absolute atomic E-state index is 0.00113. The van der Waals surface area contributed by atoms with Gasteiger partial charge in [0.25, 0.3) is 0 Å².